The minimum Gasteiger partial charge on any atom is -0.297 e. The summed E-state index contributed by atoms with van der Waals surface area (Å²) in [5.41, 5.74) is 0. The smallest absolute Gasteiger partial charge is 0.297 e. The number of piperazine rings is 1. The molecule has 0 aliphatic carbocycles. The van der Waals surface area contributed by atoms with Crippen LogP contribution in [-0.4, -0.2) is 103 Å². The lowest BCUT2D eigenvalue weighted by Gasteiger charge is -2.38. The number of hydrogen-bond acceptors (Lipinski definition) is 7. The van der Waals surface area contributed by atoms with E-state index in [0.717, 1.165) is 9.80 Å². The Labute approximate surface area is 134 Å². The Kier molecular flexibility index (Phi) is 4.15. The molecule has 128 valence electrons. The number of carbonyl (C=O) groups is 3. The van der Waals surface area contributed by atoms with Gasteiger partial charge in [-0.25, -0.2) is 18.1 Å². The Morgan fingerprint density at radius 1 is 1.04 bits per heavy atom. The van der Waals surface area contributed by atoms with Gasteiger partial charge in [0.1, 0.15) is 0 Å². The molecule has 3 heterocycles. The third kappa shape index (κ3) is 3.10. The van der Waals surface area contributed by atoms with Crippen LogP contribution in [0.1, 0.15) is 6.42 Å². The van der Waals surface area contributed by atoms with Crippen molar-refractivity contribution >= 4 is 27.7 Å². The van der Waals surface area contributed by atoms with E-state index in [4.69, 9.17) is 0 Å². The van der Waals surface area contributed by atoms with E-state index in [1.54, 1.807) is 0 Å². The van der Waals surface area contributed by atoms with E-state index in [9.17, 15) is 22.8 Å². The molecule has 4 amide bonds. The highest BCUT2D eigenvalue weighted by atomic mass is 32.2. The molecule has 0 spiro atoms. The van der Waals surface area contributed by atoms with Crippen molar-refractivity contribution in [2.45, 2.75) is 12.5 Å². The van der Waals surface area contributed by atoms with E-state index >= 15 is 0 Å². The molecule has 3 saturated heterocycles. The number of sulfone groups is 1. The number of hydrogen-bond donors (Lipinski definition) is 0. The molecule has 3 aliphatic heterocycles. The normalized spacial score (nSPS) is 29.8. The van der Waals surface area contributed by atoms with Crippen molar-refractivity contribution in [2.24, 2.45) is 0 Å². The summed E-state index contributed by atoms with van der Waals surface area (Å²) in [5, 5.41) is 0. The van der Waals surface area contributed by atoms with Crippen LogP contribution in [0.25, 0.3) is 0 Å². The summed E-state index contributed by atoms with van der Waals surface area (Å²) in [7, 11) is -1.61. The quantitative estimate of drug-likeness (QED) is 0.439. The van der Waals surface area contributed by atoms with Crippen LogP contribution in [0.4, 0.5) is 4.79 Å². The molecule has 10 heteroatoms. The Morgan fingerprint density at radius 3 is 2.17 bits per heavy atom. The summed E-state index contributed by atoms with van der Waals surface area (Å²) in [6.45, 7) is 2.75. The molecule has 3 aliphatic rings. The van der Waals surface area contributed by atoms with Gasteiger partial charge in [0.2, 0.25) is 0 Å². The number of carbonyl (C=O) groups excluding carboxylic acids is 3. The number of urea groups is 1. The highest BCUT2D eigenvalue weighted by molar-refractivity contribution is 7.91. The topological polar surface area (TPSA) is 98.3 Å². The number of likely N-dealkylation sites (N-methyl/N-ethyl adjacent to an activating group) is 1. The van der Waals surface area contributed by atoms with Gasteiger partial charge >= 0.3 is 17.8 Å². The van der Waals surface area contributed by atoms with Crippen LogP contribution < -0.4 is 0 Å². The van der Waals surface area contributed by atoms with Crippen molar-refractivity contribution in [2.75, 3.05) is 51.4 Å². The maximum Gasteiger partial charge on any atom is 0.335 e. The zero-order valence-electron chi connectivity index (χ0n) is 13.0. The summed E-state index contributed by atoms with van der Waals surface area (Å²) in [5.74, 6) is -1.12. The molecule has 3 rings (SSSR count). The van der Waals surface area contributed by atoms with Gasteiger partial charge < -0.3 is 0 Å². The van der Waals surface area contributed by atoms with Gasteiger partial charge in [0.15, 0.2) is 9.84 Å². The maximum absolute atomic E-state index is 11.9. The molecule has 1 atom stereocenters. The van der Waals surface area contributed by atoms with Gasteiger partial charge in [0.25, 0.3) is 0 Å². The molecule has 0 radical (unpaired) electrons. The fourth-order valence-electron chi connectivity index (χ4n) is 3.27. The third-order valence-corrected chi connectivity index (χ3v) is 6.47. The number of amides is 4. The van der Waals surface area contributed by atoms with Crippen LogP contribution in [0.2, 0.25) is 0 Å². The maximum atomic E-state index is 11.9. The Hall–Kier alpha value is -1.52. The van der Waals surface area contributed by atoms with Crippen molar-refractivity contribution in [3.63, 3.8) is 0 Å². The minimum atomic E-state index is -2.90. The van der Waals surface area contributed by atoms with Crippen LogP contribution in [0.15, 0.2) is 0 Å². The Morgan fingerprint density at radius 2 is 1.70 bits per heavy atom. The Balaban J connectivity index is 1.53. The second-order valence-corrected chi connectivity index (χ2v) is 8.46. The molecule has 0 saturated carbocycles. The van der Waals surface area contributed by atoms with E-state index in [1.807, 2.05) is 4.90 Å². The molecule has 0 N–H and O–H groups in total. The first-order chi connectivity index (χ1) is 10.8. The van der Waals surface area contributed by atoms with E-state index in [0.29, 0.717) is 32.6 Å². The molecular weight excluding hydrogens is 324 g/mol. The van der Waals surface area contributed by atoms with E-state index < -0.39 is 27.7 Å². The largest absolute Gasteiger partial charge is 0.335 e. The zero-order chi connectivity index (χ0) is 16.8. The van der Waals surface area contributed by atoms with Gasteiger partial charge in [-0.3, -0.25) is 24.3 Å². The lowest BCUT2D eigenvalue weighted by molar-refractivity contribution is -0.143. The van der Waals surface area contributed by atoms with E-state index in [2.05, 4.69) is 4.90 Å². The molecule has 0 aromatic carbocycles. The van der Waals surface area contributed by atoms with Gasteiger partial charge in [-0.2, -0.15) is 0 Å². The molecule has 3 fully saturated rings. The van der Waals surface area contributed by atoms with Crippen LogP contribution in [-0.2, 0) is 19.4 Å². The predicted octanol–water partition coefficient (Wildman–Crippen LogP) is -1.83. The predicted molar refractivity (Wildman–Crippen MR) is 80.1 cm³/mol. The second kappa shape index (κ2) is 5.84. The molecule has 0 bridgehead atoms. The first-order valence-electron chi connectivity index (χ1n) is 7.59. The van der Waals surface area contributed by atoms with Crippen LogP contribution in [0, 0.1) is 0 Å². The first kappa shape index (κ1) is 16.3. The van der Waals surface area contributed by atoms with Crippen molar-refractivity contribution < 1.29 is 22.8 Å². The van der Waals surface area contributed by atoms with Gasteiger partial charge in [-0.1, -0.05) is 0 Å². The molecule has 1 unspecified atom stereocenters. The van der Waals surface area contributed by atoms with Crippen LogP contribution >= 0.6 is 0 Å². The second-order valence-electron chi connectivity index (χ2n) is 6.23. The summed E-state index contributed by atoms with van der Waals surface area (Å²) in [6.07, 6.45) is 0.671. The third-order valence-electron chi connectivity index (χ3n) is 4.72. The van der Waals surface area contributed by atoms with E-state index in [-0.39, 0.29) is 24.2 Å². The van der Waals surface area contributed by atoms with E-state index in [1.165, 1.54) is 7.05 Å². The lowest BCUT2D eigenvalue weighted by atomic mass is 10.2. The highest BCUT2D eigenvalue weighted by Gasteiger charge is 2.43. The lowest BCUT2D eigenvalue weighted by Crippen LogP contribution is -2.53. The summed E-state index contributed by atoms with van der Waals surface area (Å²) < 4.78 is 23.1. The van der Waals surface area contributed by atoms with Crippen LogP contribution in [0.3, 0.4) is 0 Å². The summed E-state index contributed by atoms with van der Waals surface area (Å²) >= 11 is 0. The minimum absolute atomic E-state index is 0.0740. The van der Waals surface area contributed by atoms with Crippen molar-refractivity contribution in [3.8, 4) is 0 Å². The average Bonchev–Trinajstić information content (AvgIpc) is 2.97. The number of nitrogens with zero attached hydrogens (tertiary/aromatic N) is 4. The monoisotopic (exact) mass is 344 g/mol. The van der Waals surface area contributed by atoms with Crippen LogP contribution in [0.5, 0.6) is 0 Å². The SMILES string of the molecule is CN1C(=O)C(=O)N(CN2CCN(C3CCS(=O)(=O)C3)CC2)C1=O. The highest BCUT2D eigenvalue weighted by Crippen LogP contribution is 2.20. The molecule has 9 nitrogen and oxygen atoms in total. The fraction of sp³-hybridized carbons (Fsp3) is 0.769. The molecule has 0 aromatic heterocycles. The summed E-state index contributed by atoms with van der Waals surface area (Å²) in [6, 6.07) is -0.519. The first-order valence-corrected chi connectivity index (χ1v) is 9.41. The van der Waals surface area contributed by atoms with Gasteiger partial charge in [0, 0.05) is 39.3 Å². The molecular formula is C13H20N4O5S. The van der Waals surface area contributed by atoms with Gasteiger partial charge in [0.05, 0.1) is 18.2 Å². The van der Waals surface area contributed by atoms with Gasteiger partial charge in [-0.05, 0) is 6.42 Å². The van der Waals surface area contributed by atoms with Gasteiger partial charge in [-0.15, -0.1) is 0 Å². The van der Waals surface area contributed by atoms with Crippen molar-refractivity contribution in [3.05, 3.63) is 0 Å². The van der Waals surface area contributed by atoms with Crippen molar-refractivity contribution in [1.29, 1.82) is 0 Å². The summed E-state index contributed by atoms with van der Waals surface area (Å²) in [4.78, 5) is 41.0. The number of rotatable bonds is 3. The average molecular weight is 344 g/mol. The Bertz CT molecular complexity index is 641. The molecule has 23 heavy (non-hydrogen) atoms. The molecule has 0 aromatic rings. The zero-order valence-corrected chi connectivity index (χ0v) is 13.8. The fourth-order valence-corrected chi connectivity index (χ4v) is 5.03. The van der Waals surface area contributed by atoms with Crippen molar-refractivity contribution in [1.82, 2.24) is 19.6 Å². The standard InChI is InChI=1S/C13H20N4O5S/c1-14-11(18)12(19)17(13(14)20)9-15-3-5-16(6-4-15)10-2-7-23(21,22)8-10/h10H,2-9H2,1H3. The number of imide groups is 2.